The number of halogens is 2. The Morgan fingerprint density at radius 3 is 2.36 bits per heavy atom. The third-order valence-electron chi connectivity index (χ3n) is 8.22. The number of carbonyl (C=O) groups is 3. The highest BCUT2D eigenvalue weighted by Gasteiger charge is 2.58. The molecular weight excluding hydrogens is 366 g/mol. The number of hydrogen-bond donors (Lipinski definition) is 0. The second-order valence-corrected chi connectivity index (χ2v) is 9.41. The van der Waals surface area contributed by atoms with Gasteiger partial charge in [-0.1, -0.05) is 13.8 Å². The zero-order valence-electron chi connectivity index (χ0n) is 16.9. The molecule has 0 heterocycles. The van der Waals surface area contributed by atoms with Gasteiger partial charge in [-0.2, -0.15) is 8.78 Å². The van der Waals surface area contributed by atoms with Crippen LogP contribution in [0.5, 0.6) is 0 Å². The van der Waals surface area contributed by atoms with Crippen LogP contribution in [0.25, 0.3) is 0 Å². The number of aldehydes is 2. The molecule has 3 aliphatic carbocycles. The molecule has 28 heavy (non-hydrogen) atoms. The Morgan fingerprint density at radius 1 is 1.07 bits per heavy atom. The summed E-state index contributed by atoms with van der Waals surface area (Å²) in [6, 6.07) is 0. The fourth-order valence-electron chi connectivity index (χ4n) is 6.62. The molecule has 0 bridgehead atoms. The first kappa shape index (κ1) is 21.1. The Bertz CT molecular complexity index is 686. The monoisotopic (exact) mass is 396 g/mol. The first-order valence-corrected chi connectivity index (χ1v) is 10.3. The van der Waals surface area contributed by atoms with E-state index in [2.05, 4.69) is 6.92 Å². The number of rotatable bonds is 4. The average molecular weight is 396 g/mol. The largest absolute Gasteiger partial charge is 0.463 e. The van der Waals surface area contributed by atoms with Crippen molar-refractivity contribution in [1.82, 2.24) is 0 Å². The van der Waals surface area contributed by atoms with E-state index in [1.165, 1.54) is 6.92 Å². The zero-order chi connectivity index (χ0) is 20.7. The lowest BCUT2D eigenvalue weighted by molar-refractivity contribution is -0.156. The third-order valence-corrected chi connectivity index (χ3v) is 8.22. The summed E-state index contributed by atoms with van der Waals surface area (Å²) in [7, 11) is 0. The number of hydrogen-bond acceptors (Lipinski definition) is 4. The first-order valence-electron chi connectivity index (χ1n) is 10.3. The van der Waals surface area contributed by atoms with Gasteiger partial charge in [0.1, 0.15) is 18.7 Å². The van der Waals surface area contributed by atoms with E-state index >= 15 is 0 Å². The summed E-state index contributed by atoms with van der Waals surface area (Å²) >= 11 is 0. The lowest BCUT2D eigenvalue weighted by Crippen LogP contribution is -2.51. The molecule has 0 aromatic carbocycles. The number of carbonyl (C=O) groups excluding carboxylic acids is 3. The zero-order valence-corrected chi connectivity index (χ0v) is 16.9. The Kier molecular flexibility index (Phi) is 5.79. The van der Waals surface area contributed by atoms with Crippen molar-refractivity contribution in [1.29, 1.82) is 0 Å². The van der Waals surface area contributed by atoms with Crippen LogP contribution in [-0.2, 0) is 19.1 Å². The molecule has 6 heteroatoms. The predicted octanol–water partition coefficient (Wildman–Crippen LogP) is 4.72. The molecular formula is C22H30F2O4. The maximum Gasteiger partial charge on any atom is 0.302 e. The summed E-state index contributed by atoms with van der Waals surface area (Å²) in [5, 5.41) is 0. The highest BCUT2D eigenvalue weighted by Crippen LogP contribution is 2.63. The summed E-state index contributed by atoms with van der Waals surface area (Å²) < 4.78 is 32.3. The lowest BCUT2D eigenvalue weighted by atomic mass is 9.49. The molecule has 3 rings (SSSR count). The molecule has 0 aromatic rings. The molecule has 156 valence electrons. The molecule has 7 atom stereocenters. The summed E-state index contributed by atoms with van der Waals surface area (Å²) in [4.78, 5) is 35.4. The Balaban J connectivity index is 1.87. The van der Waals surface area contributed by atoms with Crippen molar-refractivity contribution in [3.8, 4) is 0 Å². The van der Waals surface area contributed by atoms with Crippen molar-refractivity contribution in [2.75, 3.05) is 0 Å². The van der Waals surface area contributed by atoms with Gasteiger partial charge in [0.05, 0.1) is 0 Å². The van der Waals surface area contributed by atoms with E-state index in [1.54, 1.807) is 0 Å². The van der Waals surface area contributed by atoms with E-state index in [4.69, 9.17) is 4.74 Å². The Morgan fingerprint density at radius 2 is 1.79 bits per heavy atom. The number of allylic oxidation sites excluding steroid dienone is 1. The maximum atomic E-state index is 13.5. The second-order valence-electron chi connectivity index (χ2n) is 9.41. The number of fused-ring (bicyclic) bond motifs is 1. The highest BCUT2D eigenvalue weighted by atomic mass is 19.3. The van der Waals surface area contributed by atoms with Gasteiger partial charge in [-0.25, -0.2) is 0 Å². The molecule has 4 nitrogen and oxygen atoms in total. The molecule has 3 fully saturated rings. The third kappa shape index (κ3) is 3.33. The highest BCUT2D eigenvalue weighted by molar-refractivity contribution is 5.66. The van der Waals surface area contributed by atoms with Crippen LogP contribution in [0, 0.1) is 34.5 Å². The normalized spacial score (nSPS) is 43.2. The van der Waals surface area contributed by atoms with Gasteiger partial charge in [0.25, 0.3) is 6.08 Å². The summed E-state index contributed by atoms with van der Waals surface area (Å²) in [5.41, 5.74) is -0.784. The van der Waals surface area contributed by atoms with Crippen molar-refractivity contribution in [2.45, 2.75) is 71.8 Å². The minimum Gasteiger partial charge on any atom is -0.463 e. The summed E-state index contributed by atoms with van der Waals surface area (Å²) in [6.07, 6.45) is 4.07. The van der Waals surface area contributed by atoms with Crippen molar-refractivity contribution < 1.29 is 27.9 Å². The van der Waals surface area contributed by atoms with Crippen LogP contribution in [0.1, 0.15) is 65.7 Å². The van der Waals surface area contributed by atoms with Crippen molar-refractivity contribution >= 4 is 18.5 Å². The molecule has 0 radical (unpaired) electrons. The topological polar surface area (TPSA) is 60.4 Å². The minimum absolute atomic E-state index is 0.0152. The first-order chi connectivity index (χ1) is 13.2. The molecule has 0 spiro atoms. The van der Waals surface area contributed by atoms with E-state index in [0.717, 1.165) is 12.6 Å². The van der Waals surface area contributed by atoms with Crippen LogP contribution >= 0.6 is 0 Å². The van der Waals surface area contributed by atoms with Crippen molar-refractivity contribution in [3.05, 3.63) is 11.7 Å². The molecule has 3 saturated carbocycles. The van der Waals surface area contributed by atoms with Crippen molar-refractivity contribution in [3.63, 3.8) is 0 Å². The van der Waals surface area contributed by atoms with Gasteiger partial charge in [0, 0.05) is 24.3 Å². The lowest BCUT2D eigenvalue weighted by Gasteiger charge is -2.54. The molecule has 0 amide bonds. The van der Waals surface area contributed by atoms with Gasteiger partial charge in [-0.05, 0) is 67.6 Å². The molecule has 0 aromatic heterocycles. The van der Waals surface area contributed by atoms with Gasteiger partial charge in [0.15, 0.2) is 0 Å². The Labute approximate surface area is 165 Å². The fraction of sp³-hybridized carbons (Fsp3) is 0.773. The minimum atomic E-state index is -1.59. The molecule has 3 aliphatic rings. The average Bonchev–Trinajstić information content (AvgIpc) is 2.99. The van der Waals surface area contributed by atoms with Gasteiger partial charge in [-0.3, -0.25) is 4.79 Å². The van der Waals surface area contributed by atoms with Crippen LogP contribution in [0.4, 0.5) is 8.78 Å². The van der Waals surface area contributed by atoms with E-state index in [9.17, 15) is 23.2 Å². The van der Waals surface area contributed by atoms with Crippen LogP contribution in [-0.4, -0.2) is 24.6 Å². The smallest absolute Gasteiger partial charge is 0.302 e. The van der Waals surface area contributed by atoms with Crippen molar-refractivity contribution in [2.24, 2.45) is 34.5 Å². The van der Waals surface area contributed by atoms with E-state index < -0.39 is 11.5 Å². The van der Waals surface area contributed by atoms with Crippen LogP contribution < -0.4 is 0 Å². The molecule has 0 saturated heterocycles. The van der Waals surface area contributed by atoms with Gasteiger partial charge in [0.2, 0.25) is 0 Å². The molecule has 0 aliphatic heterocycles. The molecule has 3 unspecified atom stereocenters. The maximum absolute atomic E-state index is 13.5. The van der Waals surface area contributed by atoms with Gasteiger partial charge in [-0.15, -0.1) is 0 Å². The molecule has 0 N–H and O–H groups in total. The number of esters is 1. The predicted molar refractivity (Wildman–Crippen MR) is 99.4 cm³/mol. The van der Waals surface area contributed by atoms with Gasteiger partial charge < -0.3 is 14.3 Å². The van der Waals surface area contributed by atoms with Gasteiger partial charge >= 0.3 is 5.97 Å². The van der Waals surface area contributed by atoms with E-state index in [-0.39, 0.29) is 46.7 Å². The standard InChI is InChI=1S/C22H30F2O4/c1-13(27)28-15-6-8-21(2,14(10-15)11-25)18-7-9-22(3)17(16(18)12-26)4-5-19(22)20(23)24/h11-12,14-18H,4-10H2,1-3H3/t14-,15+,16?,17?,18?,21+,22+/m1/s1. The van der Waals surface area contributed by atoms with Crippen LogP contribution in [0.3, 0.4) is 0 Å². The fourth-order valence-corrected chi connectivity index (χ4v) is 6.62. The summed E-state index contributed by atoms with van der Waals surface area (Å²) in [5.74, 6) is -1.10. The van der Waals surface area contributed by atoms with E-state index in [0.29, 0.717) is 44.9 Å². The quantitative estimate of drug-likeness (QED) is 0.510. The number of ether oxygens (including phenoxy) is 1. The SMILES string of the molecule is CC(=O)O[C@H]1CC[C@](C)(C2CC[C@]3(C)C(=C(F)F)CCC3C2C=O)[C@@H](C=O)C1. The Hall–Kier alpha value is -1.59. The van der Waals surface area contributed by atoms with Crippen LogP contribution in [0.2, 0.25) is 0 Å². The second kappa shape index (κ2) is 7.68. The van der Waals surface area contributed by atoms with Crippen LogP contribution in [0.15, 0.2) is 11.7 Å². The van der Waals surface area contributed by atoms with E-state index in [1.807, 2.05) is 6.92 Å². The summed E-state index contributed by atoms with van der Waals surface area (Å²) in [6.45, 7) is 5.30.